The van der Waals surface area contributed by atoms with Gasteiger partial charge in [-0.15, -0.1) is 0 Å². The Labute approximate surface area is 306 Å². The van der Waals surface area contributed by atoms with E-state index in [-0.39, 0.29) is 22.2 Å². The highest BCUT2D eigenvalue weighted by Crippen LogP contribution is 2.42. The fourth-order valence-electron chi connectivity index (χ4n) is 6.72. The minimum Gasteiger partial charge on any atom is -0.487 e. The molecule has 0 N–H and O–H groups in total. The van der Waals surface area contributed by atoms with Gasteiger partial charge in [0.2, 0.25) is 5.88 Å². The van der Waals surface area contributed by atoms with Crippen LogP contribution in [0.5, 0.6) is 11.6 Å². The van der Waals surface area contributed by atoms with E-state index in [0.717, 1.165) is 75.4 Å². The molecular formula is C36H43F3N6O7S. The molecule has 0 aliphatic carbocycles. The molecule has 1 aromatic carbocycles. The second-order valence-corrected chi connectivity index (χ2v) is 16.0. The van der Waals surface area contributed by atoms with Crippen molar-refractivity contribution < 1.29 is 45.3 Å². The number of fused-ring (bicyclic) bond motifs is 1. The molecule has 5 heterocycles. The quantitative estimate of drug-likeness (QED) is 0.179. The number of hydrogen-bond donors (Lipinski definition) is 0. The molecule has 2 aliphatic heterocycles. The van der Waals surface area contributed by atoms with Gasteiger partial charge >= 0.3 is 6.09 Å². The molecular weight excluding hydrogens is 717 g/mol. The summed E-state index contributed by atoms with van der Waals surface area (Å²) in [6.07, 6.45) is 4.73. The number of pyridine rings is 2. The summed E-state index contributed by atoms with van der Waals surface area (Å²) in [7, 11) is -2.05. The van der Waals surface area contributed by atoms with E-state index in [1.165, 1.54) is 27.0 Å². The summed E-state index contributed by atoms with van der Waals surface area (Å²) < 4.78 is 99.0. The number of carbonyl (C=O) groups excluding carboxylic acids is 1. The molecule has 0 radical (unpaired) electrons. The van der Waals surface area contributed by atoms with Crippen molar-refractivity contribution in [1.82, 2.24) is 24.6 Å². The number of rotatable bonds is 9. The van der Waals surface area contributed by atoms with Crippen LogP contribution in [0, 0.1) is 24.4 Å². The second kappa shape index (κ2) is 15.1. The predicted octanol–water partition coefficient (Wildman–Crippen LogP) is 6.78. The van der Waals surface area contributed by atoms with Gasteiger partial charge in [0.25, 0.3) is 10.0 Å². The largest absolute Gasteiger partial charge is 0.487 e. The summed E-state index contributed by atoms with van der Waals surface area (Å²) >= 11 is 0. The molecule has 2 saturated heterocycles. The lowest BCUT2D eigenvalue weighted by molar-refractivity contribution is -0.0371. The number of likely N-dealkylation sites (tertiary alicyclic amines) is 1. The SMILES string of the molecule is COc1ncc(F)cc1S(=O)(=O)N(C(=O)OC(C)(C)C)c1ccc(F)c(COc2cnc3c(c(C)nn3C3CCCCO3)c2C2CCN(C)CC2)c1F. The number of benzene rings is 1. The normalized spacial score (nSPS) is 17.6. The first kappa shape index (κ1) is 38.3. The number of methoxy groups -OCH3 is 1. The average molecular weight is 761 g/mol. The van der Waals surface area contributed by atoms with Gasteiger partial charge in [0, 0.05) is 23.6 Å². The number of halogens is 3. The molecule has 1 amide bonds. The third-order valence-corrected chi connectivity index (χ3v) is 10.9. The van der Waals surface area contributed by atoms with Gasteiger partial charge in [0.1, 0.15) is 35.3 Å². The molecule has 2 fully saturated rings. The molecule has 0 spiro atoms. The minimum atomic E-state index is -5.18. The first-order chi connectivity index (χ1) is 25.1. The topological polar surface area (TPSA) is 138 Å². The summed E-state index contributed by atoms with van der Waals surface area (Å²) in [4.78, 5) is 23.2. The van der Waals surface area contributed by atoms with Crippen molar-refractivity contribution in [3.63, 3.8) is 0 Å². The number of piperidine rings is 1. The number of carbonyl (C=O) groups is 1. The summed E-state index contributed by atoms with van der Waals surface area (Å²) in [6.45, 7) is 7.84. The molecule has 0 bridgehead atoms. The fourth-order valence-corrected chi connectivity index (χ4v) is 8.17. The van der Waals surface area contributed by atoms with E-state index >= 15 is 8.78 Å². The van der Waals surface area contributed by atoms with Crippen molar-refractivity contribution in [2.24, 2.45) is 0 Å². The zero-order chi connectivity index (χ0) is 38.2. The van der Waals surface area contributed by atoms with E-state index in [2.05, 4.69) is 9.88 Å². The lowest BCUT2D eigenvalue weighted by atomic mass is 9.87. The maximum Gasteiger partial charge on any atom is 0.429 e. The van der Waals surface area contributed by atoms with E-state index in [1.54, 1.807) is 4.68 Å². The minimum absolute atomic E-state index is 0.00184. The van der Waals surface area contributed by atoms with Crippen LogP contribution in [0.4, 0.5) is 23.7 Å². The smallest absolute Gasteiger partial charge is 0.429 e. The molecule has 1 atom stereocenters. The van der Waals surface area contributed by atoms with Crippen LogP contribution in [0.3, 0.4) is 0 Å². The molecule has 6 rings (SSSR count). The number of nitrogens with zero attached hydrogens (tertiary/aromatic N) is 6. The number of hydrogen-bond acceptors (Lipinski definition) is 11. The Morgan fingerprint density at radius 1 is 1.08 bits per heavy atom. The first-order valence-electron chi connectivity index (χ1n) is 17.4. The Bertz CT molecular complexity index is 2110. The van der Waals surface area contributed by atoms with Crippen LogP contribution in [0.1, 0.15) is 81.8 Å². The number of sulfonamides is 1. The molecule has 2 aliphatic rings. The Morgan fingerprint density at radius 2 is 1.81 bits per heavy atom. The van der Waals surface area contributed by atoms with Gasteiger partial charge in [-0.3, -0.25) is 0 Å². The fraction of sp³-hybridized carbons (Fsp3) is 0.500. The van der Waals surface area contributed by atoms with Crippen LogP contribution in [0.2, 0.25) is 0 Å². The lowest BCUT2D eigenvalue weighted by Crippen LogP contribution is -2.42. The maximum atomic E-state index is 16.6. The van der Waals surface area contributed by atoms with Crippen molar-refractivity contribution in [3.8, 4) is 11.6 Å². The lowest BCUT2D eigenvalue weighted by Gasteiger charge is -2.30. The summed E-state index contributed by atoms with van der Waals surface area (Å²) in [5.74, 6) is -3.82. The van der Waals surface area contributed by atoms with Crippen molar-refractivity contribution in [2.75, 3.05) is 38.2 Å². The maximum absolute atomic E-state index is 16.6. The average Bonchev–Trinajstić information content (AvgIpc) is 3.45. The van der Waals surface area contributed by atoms with Gasteiger partial charge in [-0.2, -0.15) is 9.40 Å². The number of ether oxygens (including phenoxy) is 4. The van der Waals surface area contributed by atoms with Crippen LogP contribution >= 0.6 is 0 Å². The Hall–Kier alpha value is -4.48. The van der Waals surface area contributed by atoms with E-state index in [1.807, 2.05) is 14.0 Å². The predicted molar refractivity (Wildman–Crippen MR) is 188 cm³/mol. The van der Waals surface area contributed by atoms with E-state index < -0.39 is 67.8 Å². The van der Waals surface area contributed by atoms with E-state index in [0.29, 0.717) is 30.2 Å². The Morgan fingerprint density at radius 3 is 2.47 bits per heavy atom. The van der Waals surface area contributed by atoms with Gasteiger partial charge in [0.05, 0.1) is 30.8 Å². The van der Waals surface area contributed by atoms with Crippen LogP contribution in [-0.2, 0) is 26.1 Å². The van der Waals surface area contributed by atoms with Crippen molar-refractivity contribution in [2.45, 2.75) is 89.0 Å². The monoisotopic (exact) mass is 760 g/mol. The number of anilines is 1. The first-order valence-corrected chi connectivity index (χ1v) is 18.8. The highest BCUT2D eigenvalue weighted by molar-refractivity contribution is 7.93. The molecule has 13 nitrogen and oxygen atoms in total. The van der Waals surface area contributed by atoms with E-state index in [9.17, 15) is 17.6 Å². The molecule has 3 aromatic heterocycles. The zero-order valence-corrected chi connectivity index (χ0v) is 31.3. The molecule has 4 aromatic rings. The molecule has 0 saturated carbocycles. The van der Waals surface area contributed by atoms with Gasteiger partial charge in [-0.05, 0) is 98.0 Å². The van der Waals surface area contributed by atoms with Gasteiger partial charge in [-0.25, -0.2) is 41.0 Å². The van der Waals surface area contributed by atoms with Crippen molar-refractivity contribution in [1.29, 1.82) is 0 Å². The highest BCUT2D eigenvalue weighted by Gasteiger charge is 2.40. The molecule has 53 heavy (non-hydrogen) atoms. The number of aryl methyl sites for hydroxylation is 1. The number of amides is 1. The molecule has 1 unspecified atom stereocenters. The van der Waals surface area contributed by atoms with Gasteiger partial charge < -0.3 is 23.8 Å². The van der Waals surface area contributed by atoms with Crippen LogP contribution < -0.4 is 13.8 Å². The standard InChI is InChI=1S/C36H43F3N6O7S/c1-21-30-31(22-12-14-43(5)15-13-22)27(19-40-33(30)44(42-21)29-9-7-8-16-50-29)51-20-24-25(38)10-11-26(32(24)39)45(35(46)52-36(2,3)4)53(47,48)28-17-23(37)18-41-34(28)49-6/h10-11,17-19,22,29H,7-9,12-16,20H2,1-6H3. The molecule has 17 heteroatoms. The third-order valence-electron chi connectivity index (χ3n) is 9.27. The third kappa shape index (κ3) is 7.78. The van der Waals surface area contributed by atoms with Gasteiger partial charge in [-0.1, -0.05) is 0 Å². The molecule has 286 valence electrons. The summed E-state index contributed by atoms with van der Waals surface area (Å²) in [6, 6.07) is 2.16. The van der Waals surface area contributed by atoms with Gasteiger partial charge in [0.15, 0.2) is 22.6 Å². The van der Waals surface area contributed by atoms with Crippen LogP contribution in [0.25, 0.3) is 11.0 Å². The van der Waals surface area contributed by atoms with Crippen molar-refractivity contribution in [3.05, 3.63) is 64.9 Å². The van der Waals surface area contributed by atoms with Crippen LogP contribution in [0.15, 0.2) is 35.5 Å². The number of aromatic nitrogens is 4. The van der Waals surface area contributed by atoms with E-state index in [4.69, 9.17) is 29.0 Å². The summed E-state index contributed by atoms with van der Waals surface area (Å²) in [5.41, 5.74) is -0.671. The zero-order valence-electron chi connectivity index (χ0n) is 30.5. The highest BCUT2D eigenvalue weighted by atomic mass is 32.2. The van der Waals surface area contributed by atoms with Crippen molar-refractivity contribution >= 4 is 32.8 Å². The second-order valence-electron chi connectivity index (χ2n) is 14.2. The Kier molecular flexibility index (Phi) is 10.9. The Balaban J connectivity index is 1.42. The summed E-state index contributed by atoms with van der Waals surface area (Å²) in [5, 5.41) is 5.59. The van der Waals surface area contributed by atoms with Crippen LogP contribution in [-0.4, -0.2) is 78.6 Å².